The van der Waals surface area contributed by atoms with Crippen LogP contribution in [0.25, 0.3) is 0 Å². The van der Waals surface area contributed by atoms with Crippen molar-refractivity contribution < 1.29 is 23.7 Å². The minimum Gasteiger partial charge on any atom is -0.361 e. The van der Waals surface area contributed by atoms with Gasteiger partial charge in [0.15, 0.2) is 12.6 Å². The minimum atomic E-state index is -0.338. The number of hydrogen-bond donors (Lipinski definition) is 0. The van der Waals surface area contributed by atoms with Crippen LogP contribution in [-0.2, 0) is 23.7 Å². The lowest BCUT2D eigenvalue weighted by molar-refractivity contribution is -0.304. The first-order chi connectivity index (χ1) is 9.36. The molecule has 3 fully saturated rings. The molecule has 3 aliphatic heterocycles. The van der Waals surface area contributed by atoms with Gasteiger partial charge in [-0.05, 0) is 0 Å². The van der Waals surface area contributed by atoms with Crippen LogP contribution >= 0.6 is 0 Å². The van der Waals surface area contributed by atoms with E-state index in [1.807, 2.05) is 30.3 Å². The summed E-state index contributed by atoms with van der Waals surface area (Å²) < 4.78 is 28.4. The van der Waals surface area contributed by atoms with Crippen LogP contribution in [0, 0.1) is 0 Å². The van der Waals surface area contributed by atoms with E-state index in [1.54, 1.807) is 7.11 Å². The minimum absolute atomic E-state index is 0.000716. The zero-order valence-electron chi connectivity index (χ0n) is 10.6. The maximum absolute atomic E-state index is 6.00. The standard InChI is InChI=1S/C14H16O5/c1-15-14-12-11(18-12)10-9(17-14)7-16-13(19-10)8-5-3-2-4-6-8/h2-6,9-14H,7H2,1H3/t9-,10+,11-,12-,13+,14+/m0/s1. The Kier molecular flexibility index (Phi) is 2.82. The molecule has 3 saturated heterocycles. The third-order valence-electron chi connectivity index (χ3n) is 3.83. The fraction of sp³-hybridized carbons (Fsp3) is 0.571. The lowest BCUT2D eigenvalue weighted by Crippen LogP contribution is -2.52. The number of ether oxygens (including phenoxy) is 5. The largest absolute Gasteiger partial charge is 0.361 e. The summed E-state index contributed by atoms with van der Waals surface area (Å²) in [5, 5.41) is 0. The molecule has 6 atom stereocenters. The molecule has 3 aliphatic rings. The topological polar surface area (TPSA) is 49.5 Å². The van der Waals surface area contributed by atoms with Gasteiger partial charge in [-0.3, -0.25) is 0 Å². The molecule has 0 amide bonds. The lowest BCUT2D eigenvalue weighted by Gasteiger charge is -2.39. The summed E-state index contributed by atoms with van der Waals surface area (Å²) in [6.07, 6.45) is -0.759. The first kappa shape index (κ1) is 11.8. The Hall–Kier alpha value is -0.980. The van der Waals surface area contributed by atoms with Crippen molar-refractivity contribution in [1.82, 2.24) is 0 Å². The second-order valence-corrected chi connectivity index (χ2v) is 5.02. The maximum atomic E-state index is 6.00. The van der Waals surface area contributed by atoms with Crippen molar-refractivity contribution in [1.29, 1.82) is 0 Å². The summed E-state index contributed by atoms with van der Waals surface area (Å²) in [7, 11) is 1.63. The maximum Gasteiger partial charge on any atom is 0.186 e. The van der Waals surface area contributed by atoms with Gasteiger partial charge >= 0.3 is 0 Å². The third-order valence-corrected chi connectivity index (χ3v) is 3.83. The number of epoxide rings is 1. The molecule has 3 heterocycles. The normalized spacial score (nSPS) is 44.3. The van der Waals surface area contributed by atoms with E-state index in [1.165, 1.54) is 0 Å². The highest BCUT2D eigenvalue weighted by atomic mass is 16.8. The molecule has 102 valence electrons. The fourth-order valence-corrected chi connectivity index (χ4v) is 2.80. The van der Waals surface area contributed by atoms with Gasteiger partial charge in [0.2, 0.25) is 0 Å². The number of rotatable bonds is 2. The van der Waals surface area contributed by atoms with E-state index in [0.29, 0.717) is 6.61 Å². The van der Waals surface area contributed by atoms with Crippen molar-refractivity contribution in [3.8, 4) is 0 Å². The molecule has 0 N–H and O–H groups in total. The zero-order valence-corrected chi connectivity index (χ0v) is 10.6. The van der Waals surface area contributed by atoms with Crippen molar-refractivity contribution in [2.24, 2.45) is 0 Å². The molecule has 0 radical (unpaired) electrons. The number of fused-ring (bicyclic) bond motifs is 3. The molecular weight excluding hydrogens is 248 g/mol. The highest BCUT2D eigenvalue weighted by Crippen LogP contribution is 2.43. The Morgan fingerprint density at radius 3 is 2.63 bits per heavy atom. The molecule has 1 aromatic rings. The van der Waals surface area contributed by atoms with Crippen molar-refractivity contribution in [3.05, 3.63) is 35.9 Å². The van der Waals surface area contributed by atoms with E-state index in [-0.39, 0.29) is 37.0 Å². The fourth-order valence-electron chi connectivity index (χ4n) is 2.80. The highest BCUT2D eigenvalue weighted by Gasteiger charge is 2.60. The Balaban J connectivity index is 1.50. The first-order valence-corrected chi connectivity index (χ1v) is 6.52. The number of methoxy groups -OCH3 is 1. The molecule has 1 aromatic carbocycles. The molecule has 5 heteroatoms. The molecular formula is C14H16O5. The van der Waals surface area contributed by atoms with Crippen molar-refractivity contribution in [3.63, 3.8) is 0 Å². The molecule has 0 aliphatic carbocycles. The Morgan fingerprint density at radius 1 is 1.00 bits per heavy atom. The lowest BCUT2D eigenvalue weighted by atomic mass is 10.0. The van der Waals surface area contributed by atoms with Crippen LogP contribution in [0.3, 0.4) is 0 Å². The van der Waals surface area contributed by atoms with E-state index in [2.05, 4.69) is 0 Å². The SMILES string of the molecule is CO[C@@H]1O[C@H]2CO[C@@H](c3ccccc3)O[C@H]2[C@@H]2O[C@H]12. The van der Waals surface area contributed by atoms with Crippen LogP contribution in [0.15, 0.2) is 30.3 Å². The summed E-state index contributed by atoms with van der Waals surface area (Å²) in [5.41, 5.74) is 1.02. The van der Waals surface area contributed by atoms with Crippen LogP contribution in [0.4, 0.5) is 0 Å². The Labute approximate surface area is 111 Å². The van der Waals surface area contributed by atoms with E-state index in [0.717, 1.165) is 5.56 Å². The Bertz CT molecular complexity index is 450. The predicted molar refractivity (Wildman–Crippen MR) is 64.3 cm³/mol. The van der Waals surface area contributed by atoms with Gasteiger partial charge in [0.25, 0.3) is 0 Å². The van der Waals surface area contributed by atoms with Crippen molar-refractivity contribution >= 4 is 0 Å². The zero-order chi connectivity index (χ0) is 12.8. The van der Waals surface area contributed by atoms with Gasteiger partial charge in [-0.15, -0.1) is 0 Å². The van der Waals surface area contributed by atoms with Gasteiger partial charge in [0.05, 0.1) is 6.61 Å². The Morgan fingerprint density at radius 2 is 1.84 bits per heavy atom. The van der Waals surface area contributed by atoms with Gasteiger partial charge in [-0.1, -0.05) is 30.3 Å². The number of benzene rings is 1. The van der Waals surface area contributed by atoms with E-state index in [4.69, 9.17) is 23.7 Å². The average Bonchev–Trinajstić information content (AvgIpc) is 3.27. The van der Waals surface area contributed by atoms with Crippen molar-refractivity contribution in [2.75, 3.05) is 13.7 Å². The summed E-state index contributed by atoms with van der Waals surface area (Å²) in [5.74, 6) is 0. The molecule has 0 spiro atoms. The summed E-state index contributed by atoms with van der Waals surface area (Å²) in [4.78, 5) is 0. The van der Waals surface area contributed by atoms with E-state index < -0.39 is 0 Å². The van der Waals surface area contributed by atoms with Crippen LogP contribution in [0.5, 0.6) is 0 Å². The average molecular weight is 264 g/mol. The molecule has 0 saturated carbocycles. The monoisotopic (exact) mass is 264 g/mol. The van der Waals surface area contributed by atoms with Gasteiger partial charge in [-0.2, -0.15) is 0 Å². The van der Waals surface area contributed by atoms with Crippen LogP contribution < -0.4 is 0 Å². The summed E-state index contributed by atoms with van der Waals surface area (Å²) >= 11 is 0. The van der Waals surface area contributed by atoms with Crippen LogP contribution in [0.1, 0.15) is 11.9 Å². The quantitative estimate of drug-likeness (QED) is 0.752. The predicted octanol–water partition coefficient (Wildman–Crippen LogP) is 1.24. The third kappa shape index (κ3) is 1.98. The van der Waals surface area contributed by atoms with Crippen LogP contribution in [-0.4, -0.2) is 44.4 Å². The summed E-state index contributed by atoms with van der Waals surface area (Å²) in [6.45, 7) is 0.497. The first-order valence-electron chi connectivity index (χ1n) is 6.52. The second-order valence-electron chi connectivity index (χ2n) is 5.02. The molecule has 0 unspecified atom stereocenters. The number of hydrogen-bond acceptors (Lipinski definition) is 5. The van der Waals surface area contributed by atoms with Gasteiger partial charge in [0, 0.05) is 12.7 Å². The van der Waals surface area contributed by atoms with E-state index in [9.17, 15) is 0 Å². The molecule has 4 rings (SSSR count). The molecule has 19 heavy (non-hydrogen) atoms. The van der Waals surface area contributed by atoms with Gasteiger partial charge < -0.3 is 23.7 Å². The highest BCUT2D eigenvalue weighted by molar-refractivity contribution is 5.17. The van der Waals surface area contributed by atoms with E-state index >= 15 is 0 Å². The van der Waals surface area contributed by atoms with Crippen molar-refractivity contribution in [2.45, 2.75) is 37.0 Å². The smallest absolute Gasteiger partial charge is 0.186 e. The molecule has 0 bridgehead atoms. The second kappa shape index (κ2) is 4.54. The molecule has 0 aromatic heterocycles. The molecule has 5 nitrogen and oxygen atoms in total. The van der Waals surface area contributed by atoms with Gasteiger partial charge in [0.1, 0.15) is 24.4 Å². The van der Waals surface area contributed by atoms with Gasteiger partial charge in [-0.25, -0.2) is 0 Å². The summed E-state index contributed by atoms with van der Waals surface area (Å²) in [6, 6.07) is 9.92. The van der Waals surface area contributed by atoms with Crippen LogP contribution in [0.2, 0.25) is 0 Å².